The van der Waals surface area contributed by atoms with E-state index in [-0.39, 0.29) is 5.41 Å². The molecule has 2 aromatic rings. The summed E-state index contributed by atoms with van der Waals surface area (Å²) in [4.78, 5) is 0. The maximum absolute atomic E-state index is 4.08. The van der Waals surface area contributed by atoms with Crippen LogP contribution in [0, 0.1) is 5.41 Å². The predicted octanol–water partition coefficient (Wildman–Crippen LogP) is 1.46. The summed E-state index contributed by atoms with van der Waals surface area (Å²) in [7, 11) is 0. The summed E-state index contributed by atoms with van der Waals surface area (Å²) in [5.41, 5.74) is 1.22. The number of anilines is 1. The van der Waals surface area contributed by atoms with Crippen molar-refractivity contribution in [1.29, 1.82) is 0 Å². The molecule has 0 aliphatic carbocycles. The van der Waals surface area contributed by atoms with Crippen LogP contribution >= 0.6 is 0 Å². The zero-order chi connectivity index (χ0) is 13.8. The number of benzene rings is 1. The molecule has 0 spiro atoms. The minimum Gasteiger partial charge on any atom is -0.352 e. The normalized spacial score (nSPS) is 22.6. The van der Waals surface area contributed by atoms with Crippen LogP contribution < -0.4 is 10.6 Å². The van der Waals surface area contributed by atoms with Crippen molar-refractivity contribution in [1.82, 2.24) is 25.5 Å². The Kier molecular flexibility index (Phi) is 3.64. The molecule has 1 atom stereocenters. The standard InChI is InChI=1S/C14H20N6/c1-14(8-5-9-15-10-14)11-16-13-17-18-19-20(13)12-6-3-2-4-7-12/h2-4,6-7,15H,5,8-11H2,1H3,(H,16,17,19). The molecule has 1 unspecified atom stereocenters. The van der Waals surface area contributed by atoms with E-state index in [1.54, 1.807) is 4.68 Å². The lowest BCUT2D eigenvalue weighted by Gasteiger charge is -2.34. The minimum atomic E-state index is 0.256. The molecule has 0 radical (unpaired) electrons. The van der Waals surface area contributed by atoms with E-state index in [0.29, 0.717) is 5.95 Å². The molecule has 0 amide bonds. The van der Waals surface area contributed by atoms with Gasteiger partial charge in [-0.2, -0.15) is 4.68 Å². The summed E-state index contributed by atoms with van der Waals surface area (Å²) < 4.78 is 1.74. The Morgan fingerprint density at radius 2 is 2.20 bits per heavy atom. The number of tetrazole rings is 1. The van der Waals surface area contributed by atoms with Crippen molar-refractivity contribution in [2.45, 2.75) is 19.8 Å². The number of nitrogens with one attached hydrogen (secondary N) is 2. The van der Waals surface area contributed by atoms with Gasteiger partial charge in [0.05, 0.1) is 5.69 Å². The van der Waals surface area contributed by atoms with Gasteiger partial charge >= 0.3 is 0 Å². The maximum Gasteiger partial charge on any atom is 0.247 e. The molecular formula is C14H20N6. The molecule has 0 saturated carbocycles. The fourth-order valence-corrected chi connectivity index (χ4v) is 2.60. The number of hydrogen-bond acceptors (Lipinski definition) is 5. The lowest BCUT2D eigenvalue weighted by molar-refractivity contribution is 0.253. The van der Waals surface area contributed by atoms with Gasteiger partial charge in [0.15, 0.2) is 0 Å². The maximum atomic E-state index is 4.08. The van der Waals surface area contributed by atoms with Gasteiger partial charge in [0, 0.05) is 13.1 Å². The lowest BCUT2D eigenvalue weighted by Crippen LogP contribution is -2.42. The van der Waals surface area contributed by atoms with Crippen LogP contribution in [0.15, 0.2) is 30.3 Å². The summed E-state index contributed by atoms with van der Waals surface area (Å²) in [5.74, 6) is 0.697. The Labute approximate surface area is 118 Å². The van der Waals surface area contributed by atoms with Gasteiger partial charge in [0.2, 0.25) is 5.95 Å². The van der Waals surface area contributed by atoms with Crippen molar-refractivity contribution in [3.05, 3.63) is 30.3 Å². The number of rotatable bonds is 4. The molecule has 1 saturated heterocycles. The first-order valence-corrected chi connectivity index (χ1v) is 7.05. The summed E-state index contributed by atoms with van der Waals surface area (Å²) in [6.45, 7) is 5.32. The van der Waals surface area contributed by atoms with Crippen molar-refractivity contribution < 1.29 is 0 Å². The molecule has 1 aromatic carbocycles. The highest BCUT2D eigenvalue weighted by Gasteiger charge is 2.27. The van der Waals surface area contributed by atoms with Crippen LogP contribution in [0.5, 0.6) is 0 Å². The largest absolute Gasteiger partial charge is 0.352 e. The number of hydrogen-bond donors (Lipinski definition) is 2. The molecule has 3 rings (SSSR count). The molecule has 106 valence electrons. The first-order valence-electron chi connectivity index (χ1n) is 7.05. The Bertz CT molecular complexity index is 544. The molecule has 1 fully saturated rings. The third kappa shape index (κ3) is 2.80. The number of para-hydroxylation sites is 1. The zero-order valence-electron chi connectivity index (χ0n) is 11.7. The van der Waals surface area contributed by atoms with E-state index in [9.17, 15) is 0 Å². The van der Waals surface area contributed by atoms with Gasteiger partial charge in [0.25, 0.3) is 0 Å². The van der Waals surface area contributed by atoms with Crippen LogP contribution in [0.3, 0.4) is 0 Å². The predicted molar refractivity (Wildman–Crippen MR) is 77.9 cm³/mol. The fraction of sp³-hybridized carbons (Fsp3) is 0.500. The quantitative estimate of drug-likeness (QED) is 0.882. The topological polar surface area (TPSA) is 67.7 Å². The van der Waals surface area contributed by atoms with E-state index < -0.39 is 0 Å². The molecule has 6 heteroatoms. The second-order valence-corrected chi connectivity index (χ2v) is 5.69. The third-order valence-corrected chi connectivity index (χ3v) is 3.83. The van der Waals surface area contributed by atoms with Crippen molar-refractivity contribution in [2.75, 3.05) is 25.0 Å². The Morgan fingerprint density at radius 1 is 1.35 bits per heavy atom. The number of piperidine rings is 1. The number of nitrogens with zero attached hydrogens (tertiary/aromatic N) is 4. The second kappa shape index (κ2) is 5.58. The van der Waals surface area contributed by atoms with Gasteiger partial charge in [-0.3, -0.25) is 0 Å². The van der Waals surface area contributed by atoms with Gasteiger partial charge in [-0.15, -0.1) is 0 Å². The summed E-state index contributed by atoms with van der Waals surface area (Å²) in [5, 5.41) is 18.7. The van der Waals surface area contributed by atoms with Crippen LogP contribution in [-0.4, -0.2) is 39.8 Å². The zero-order valence-corrected chi connectivity index (χ0v) is 11.7. The van der Waals surface area contributed by atoms with Crippen LogP contribution in [-0.2, 0) is 0 Å². The van der Waals surface area contributed by atoms with E-state index in [4.69, 9.17) is 0 Å². The van der Waals surface area contributed by atoms with E-state index in [0.717, 1.165) is 25.3 Å². The molecule has 6 nitrogen and oxygen atoms in total. The van der Waals surface area contributed by atoms with E-state index in [1.807, 2.05) is 30.3 Å². The second-order valence-electron chi connectivity index (χ2n) is 5.69. The average Bonchev–Trinajstić information content (AvgIpc) is 2.95. The van der Waals surface area contributed by atoms with E-state index in [1.165, 1.54) is 12.8 Å². The van der Waals surface area contributed by atoms with E-state index in [2.05, 4.69) is 33.1 Å². The Hall–Kier alpha value is -1.95. The Morgan fingerprint density at radius 3 is 2.95 bits per heavy atom. The highest BCUT2D eigenvalue weighted by atomic mass is 15.6. The summed E-state index contributed by atoms with van der Waals surface area (Å²) >= 11 is 0. The first kappa shape index (κ1) is 13.1. The van der Waals surface area contributed by atoms with Gasteiger partial charge in [-0.05, 0) is 47.4 Å². The smallest absolute Gasteiger partial charge is 0.247 e. The summed E-state index contributed by atoms with van der Waals surface area (Å²) in [6.07, 6.45) is 2.45. The highest BCUT2D eigenvalue weighted by Crippen LogP contribution is 2.25. The SMILES string of the molecule is CC1(CNc2nnnn2-c2ccccc2)CCCNC1. The average molecular weight is 272 g/mol. The van der Waals surface area contributed by atoms with Crippen molar-refractivity contribution >= 4 is 5.95 Å². The van der Waals surface area contributed by atoms with E-state index >= 15 is 0 Å². The van der Waals surface area contributed by atoms with Crippen molar-refractivity contribution in [2.24, 2.45) is 5.41 Å². The van der Waals surface area contributed by atoms with Gasteiger partial charge < -0.3 is 10.6 Å². The highest BCUT2D eigenvalue weighted by molar-refractivity contribution is 5.38. The van der Waals surface area contributed by atoms with Crippen molar-refractivity contribution in [3.8, 4) is 5.69 Å². The van der Waals surface area contributed by atoms with Crippen LogP contribution in [0.4, 0.5) is 5.95 Å². The van der Waals surface area contributed by atoms with Crippen LogP contribution in [0.1, 0.15) is 19.8 Å². The Balaban J connectivity index is 1.71. The lowest BCUT2D eigenvalue weighted by atomic mass is 9.83. The summed E-state index contributed by atoms with van der Waals surface area (Å²) in [6, 6.07) is 9.92. The van der Waals surface area contributed by atoms with Crippen molar-refractivity contribution in [3.63, 3.8) is 0 Å². The molecule has 1 aliphatic heterocycles. The molecule has 20 heavy (non-hydrogen) atoms. The molecule has 1 aromatic heterocycles. The van der Waals surface area contributed by atoms with Crippen LogP contribution in [0.2, 0.25) is 0 Å². The molecular weight excluding hydrogens is 252 g/mol. The third-order valence-electron chi connectivity index (χ3n) is 3.83. The monoisotopic (exact) mass is 272 g/mol. The fourth-order valence-electron chi connectivity index (χ4n) is 2.60. The minimum absolute atomic E-state index is 0.256. The van der Waals surface area contributed by atoms with Gasteiger partial charge in [-0.25, -0.2) is 0 Å². The molecule has 2 N–H and O–H groups in total. The molecule has 2 heterocycles. The van der Waals surface area contributed by atoms with Gasteiger partial charge in [0.1, 0.15) is 0 Å². The molecule has 1 aliphatic rings. The first-order chi connectivity index (χ1) is 9.77. The van der Waals surface area contributed by atoms with Gasteiger partial charge in [-0.1, -0.05) is 30.2 Å². The number of aromatic nitrogens is 4. The van der Waals surface area contributed by atoms with Crippen LogP contribution in [0.25, 0.3) is 5.69 Å². The molecule has 0 bridgehead atoms.